The van der Waals surface area contributed by atoms with Gasteiger partial charge in [-0.25, -0.2) is 4.99 Å². The van der Waals surface area contributed by atoms with Crippen molar-refractivity contribution in [2.75, 3.05) is 6.54 Å². The average molecular weight is 392 g/mol. The second kappa shape index (κ2) is 8.43. The monoisotopic (exact) mass is 392 g/mol. The van der Waals surface area contributed by atoms with E-state index in [4.69, 9.17) is 5.73 Å². The molecule has 0 radical (unpaired) electrons. The van der Waals surface area contributed by atoms with Crippen LogP contribution < -0.4 is 11.1 Å². The minimum Gasteiger partial charge on any atom is -0.370 e. The summed E-state index contributed by atoms with van der Waals surface area (Å²) in [6.07, 6.45) is 4.70. The van der Waals surface area contributed by atoms with Gasteiger partial charge in [0.25, 0.3) is 0 Å². The third-order valence-corrected chi connectivity index (χ3v) is 3.27. The molecule has 1 aromatic heterocycles. The largest absolute Gasteiger partial charge is 0.370 e. The van der Waals surface area contributed by atoms with E-state index in [2.05, 4.69) is 38.9 Å². The van der Waals surface area contributed by atoms with Gasteiger partial charge in [0.15, 0.2) is 11.8 Å². The molecule has 0 aliphatic carbocycles. The summed E-state index contributed by atoms with van der Waals surface area (Å²) in [6.45, 7) is 6.63. The third kappa shape index (κ3) is 4.92. The summed E-state index contributed by atoms with van der Waals surface area (Å²) < 4.78 is 2.20. The number of hydrogen-bond donors (Lipinski definition) is 2. The lowest BCUT2D eigenvalue weighted by Crippen LogP contribution is -2.34. The number of halogens is 1. The summed E-state index contributed by atoms with van der Waals surface area (Å²) in [5.41, 5.74) is 5.83. The molecular weight excluding hydrogens is 367 g/mol. The number of aliphatic imine (C=N–C) groups is 1. The van der Waals surface area contributed by atoms with E-state index in [-0.39, 0.29) is 24.0 Å². The zero-order valence-corrected chi connectivity index (χ0v) is 14.6. The van der Waals surface area contributed by atoms with Crippen molar-refractivity contribution in [1.82, 2.24) is 20.1 Å². The van der Waals surface area contributed by atoms with E-state index in [1.54, 1.807) is 0 Å². The lowest BCUT2D eigenvalue weighted by atomic mass is 10.2. The maximum absolute atomic E-state index is 5.83. The Bertz CT molecular complexity index is 440. The van der Waals surface area contributed by atoms with E-state index >= 15 is 0 Å². The molecule has 0 fully saturated rings. The van der Waals surface area contributed by atoms with Crippen molar-refractivity contribution in [3.63, 3.8) is 0 Å². The fraction of sp³-hybridized carbons (Fsp3) is 0.769. The molecule has 0 saturated carbocycles. The molecule has 0 aromatic carbocycles. The van der Waals surface area contributed by atoms with E-state index < -0.39 is 0 Å². The summed E-state index contributed by atoms with van der Waals surface area (Å²) in [7, 11) is 0. The summed E-state index contributed by atoms with van der Waals surface area (Å²) in [6, 6.07) is 0. The lowest BCUT2D eigenvalue weighted by Gasteiger charge is -2.08. The van der Waals surface area contributed by atoms with E-state index in [1.807, 2.05) is 0 Å². The minimum absolute atomic E-state index is 0. The second-order valence-corrected chi connectivity index (χ2v) is 5.47. The van der Waals surface area contributed by atoms with Crippen LogP contribution >= 0.6 is 24.0 Å². The number of nitrogens with zero attached hydrogens (tertiary/aromatic N) is 4. The Kier molecular flexibility index (Phi) is 7.25. The van der Waals surface area contributed by atoms with Gasteiger partial charge in [-0.05, 0) is 18.8 Å². The molecule has 1 aliphatic rings. The molecule has 2 heterocycles. The van der Waals surface area contributed by atoms with Gasteiger partial charge in [-0.3, -0.25) is 0 Å². The predicted molar refractivity (Wildman–Crippen MR) is 91.2 cm³/mol. The van der Waals surface area contributed by atoms with Crippen molar-refractivity contribution in [2.45, 2.75) is 52.6 Å². The predicted octanol–water partition coefficient (Wildman–Crippen LogP) is 1.68. The van der Waals surface area contributed by atoms with Gasteiger partial charge in [-0.1, -0.05) is 20.3 Å². The van der Waals surface area contributed by atoms with Gasteiger partial charge < -0.3 is 15.6 Å². The molecule has 0 saturated heterocycles. The van der Waals surface area contributed by atoms with Crippen LogP contribution in [0.25, 0.3) is 0 Å². The lowest BCUT2D eigenvalue weighted by molar-refractivity contribution is 0.603. The molecular formula is C13H25IN6. The highest BCUT2D eigenvalue weighted by atomic mass is 127. The van der Waals surface area contributed by atoms with Gasteiger partial charge in [0.05, 0.1) is 0 Å². The van der Waals surface area contributed by atoms with E-state index in [9.17, 15) is 0 Å². The number of hydrogen-bond acceptors (Lipinski definition) is 3. The highest BCUT2D eigenvalue weighted by molar-refractivity contribution is 14.0. The van der Waals surface area contributed by atoms with Crippen LogP contribution in [0.2, 0.25) is 0 Å². The number of aromatic nitrogens is 3. The van der Waals surface area contributed by atoms with Gasteiger partial charge in [-0.2, -0.15) is 0 Å². The average Bonchev–Trinajstić information content (AvgIpc) is 2.61. The van der Waals surface area contributed by atoms with E-state index in [1.165, 1.54) is 19.3 Å². The summed E-state index contributed by atoms with van der Waals surface area (Å²) in [4.78, 5) is 4.34. The summed E-state index contributed by atoms with van der Waals surface area (Å²) >= 11 is 0. The van der Waals surface area contributed by atoms with Crippen LogP contribution in [0.15, 0.2) is 4.99 Å². The Labute approximate surface area is 137 Å². The Balaban J connectivity index is 0.00000200. The molecule has 1 aliphatic heterocycles. The first kappa shape index (κ1) is 17.2. The zero-order valence-electron chi connectivity index (χ0n) is 12.3. The maximum Gasteiger partial charge on any atom is 0.189 e. The van der Waals surface area contributed by atoms with Crippen LogP contribution in [-0.2, 0) is 19.5 Å². The quantitative estimate of drug-likeness (QED) is 0.464. The Morgan fingerprint density at radius 1 is 1.35 bits per heavy atom. The molecule has 1 aromatic rings. The number of nitrogens with two attached hydrogens (primary N) is 1. The van der Waals surface area contributed by atoms with Gasteiger partial charge in [0.1, 0.15) is 12.4 Å². The molecule has 0 atom stereocenters. The highest BCUT2D eigenvalue weighted by Crippen LogP contribution is 2.14. The zero-order chi connectivity index (χ0) is 13.7. The first-order valence-corrected chi connectivity index (χ1v) is 7.11. The standard InChI is InChI=1S/C13H24N6.HI/c1-10(2)8-15-13(14)16-9-12-18-17-11-6-4-3-5-7-19(11)12;/h10H,3-9H2,1-2H3,(H3,14,15,16);1H. The fourth-order valence-corrected chi connectivity index (χ4v) is 2.18. The Hall–Kier alpha value is -0.860. The summed E-state index contributed by atoms with van der Waals surface area (Å²) in [5, 5.41) is 11.6. The number of nitrogens with one attached hydrogen (secondary N) is 1. The van der Waals surface area contributed by atoms with Gasteiger partial charge in [0, 0.05) is 19.5 Å². The molecule has 3 N–H and O–H groups in total. The number of guanidine groups is 1. The fourth-order valence-electron chi connectivity index (χ4n) is 2.18. The van der Waals surface area contributed by atoms with Crippen LogP contribution in [0, 0.1) is 5.92 Å². The van der Waals surface area contributed by atoms with Crippen LogP contribution in [0.4, 0.5) is 0 Å². The molecule has 0 unspecified atom stereocenters. The Morgan fingerprint density at radius 3 is 2.90 bits per heavy atom. The number of aryl methyl sites for hydroxylation is 1. The van der Waals surface area contributed by atoms with Crippen LogP contribution in [0.1, 0.15) is 44.8 Å². The van der Waals surface area contributed by atoms with Crippen LogP contribution in [-0.4, -0.2) is 27.3 Å². The smallest absolute Gasteiger partial charge is 0.189 e. The van der Waals surface area contributed by atoms with E-state index in [0.717, 1.165) is 31.2 Å². The van der Waals surface area contributed by atoms with Crippen molar-refractivity contribution in [2.24, 2.45) is 16.6 Å². The molecule has 0 bridgehead atoms. The molecule has 0 amide bonds. The first-order valence-electron chi connectivity index (χ1n) is 7.11. The highest BCUT2D eigenvalue weighted by Gasteiger charge is 2.13. The molecule has 0 spiro atoms. The van der Waals surface area contributed by atoms with Crippen LogP contribution in [0.3, 0.4) is 0 Å². The molecule has 2 rings (SSSR count). The maximum atomic E-state index is 5.83. The molecule has 7 heteroatoms. The number of rotatable bonds is 4. The van der Waals surface area contributed by atoms with Gasteiger partial charge >= 0.3 is 0 Å². The molecule has 6 nitrogen and oxygen atoms in total. The van der Waals surface area contributed by atoms with Crippen molar-refractivity contribution in [3.05, 3.63) is 11.6 Å². The third-order valence-electron chi connectivity index (χ3n) is 3.27. The van der Waals surface area contributed by atoms with Gasteiger partial charge in [0.2, 0.25) is 0 Å². The van der Waals surface area contributed by atoms with Crippen molar-refractivity contribution >= 4 is 29.9 Å². The normalized spacial score (nSPS) is 15.4. The molecule has 20 heavy (non-hydrogen) atoms. The molecule has 114 valence electrons. The first-order chi connectivity index (χ1) is 9.16. The number of fused-ring (bicyclic) bond motifs is 1. The van der Waals surface area contributed by atoms with Crippen molar-refractivity contribution in [1.29, 1.82) is 0 Å². The second-order valence-electron chi connectivity index (χ2n) is 5.47. The topological polar surface area (TPSA) is 81.1 Å². The summed E-state index contributed by atoms with van der Waals surface area (Å²) in [5.74, 6) is 3.06. The van der Waals surface area contributed by atoms with Crippen molar-refractivity contribution in [3.8, 4) is 0 Å². The minimum atomic E-state index is 0. The Morgan fingerprint density at radius 2 is 2.15 bits per heavy atom. The van der Waals surface area contributed by atoms with Crippen LogP contribution in [0.5, 0.6) is 0 Å². The van der Waals surface area contributed by atoms with Gasteiger partial charge in [-0.15, -0.1) is 34.2 Å². The van der Waals surface area contributed by atoms with Crippen molar-refractivity contribution < 1.29 is 0 Å². The van der Waals surface area contributed by atoms with E-state index in [0.29, 0.717) is 18.4 Å². The SMILES string of the molecule is CC(C)CNC(N)=NCc1nnc2n1CCCCC2.I.